The molecule has 4 heteroatoms. The lowest BCUT2D eigenvalue weighted by Crippen LogP contribution is -2.14. The van der Waals surface area contributed by atoms with Crippen molar-refractivity contribution in [2.24, 2.45) is 0 Å². The minimum atomic E-state index is -0.0416. The Morgan fingerprint density at radius 2 is 1.10 bits per heavy atom. The lowest BCUT2D eigenvalue weighted by atomic mass is 9.81. The zero-order chi connectivity index (χ0) is 34.8. The van der Waals surface area contributed by atoms with Crippen LogP contribution in [0, 0.1) is 0 Å². The van der Waals surface area contributed by atoms with Gasteiger partial charge in [0.25, 0.3) is 0 Å². The Balaban J connectivity index is 1.09. The molecule has 10 rings (SSSR count). The number of rotatable bonds is 5. The van der Waals surface area contributed by atoms with E-state index >= 15 is 0 Å². The number of benzene rings is 6. The first-order valence-electron chi connectivity index (χ1n) is 17.7. The molecule has 0 atom stereocenters. The second-order valence-electron chi connectivity index (χ2n) is 14.1. The molecule has 0 amide bonds. The maximum atomic E-state index is 5.26. The third kappa shape index (κ3) is 4.98. The maximum absolute atomic E-state index is 5.26. The van der Waals surface area contributed by atoms with Crippen LogP contribution in [0.25, 0.3) is 87.5 Å². The Morgan fingerprint density at radius 1 is 0.442 bits per heavy atom. The summed E-state index contributed by atoms with van der Waals surface area (Å²) in [5.41, 5.74) is 14.8. The summed E-state index contributed by atoms with van der Waals surface area (Å²) < 4.78 is 2.57. The highest BCUT2D eigenvalue weighted by molar-refractivity contribution is 7.25. The van der Waals surface area contributed by atoms with Gasteiger partial charge >= 0.3 is 0 Å². The van der Waals surface area contributed by atoms with Crippen LogP contribution in [-0.4, -0.2) is 15.0 Å². The molecular weight excluding hydrogens is 651 g/mol. The molecule has 1 aliphatic carbocycles. The zero-order valence-electron chi connectivity index (χ0n) is 28.8. The van der Waals surface area contributed by atoms with E-state index in [0.29, 0.717) is 5.82 Å². The topological polar surface area (TPSA) is 38.7 Å². The molecular formula is C48H33N3S. The highest BCUT2D eigenvalue weighted by Crippen LogP contribution is 2.49. The second kappa shape index (κ2) is 11.9. The predicted molar refractivity (Wildman–Crippen MR) is 217 cm³/mol. The van der Waals surface area contributed by atoms with Crippen molar-refractivity contribution in [2.45, 2.75) is 19.3 Å². The van der Waals surface area contributed by atoms with Gasteiger partial charge in [0.05, 0.1) is 11.4 Å². The zero-order valence-corrected chi connectivity index (χ0v) is 29.7. The fraction of sp³-hybridized carbons (Fsp3) is 0.0625. The number of nitrogens with zero attached hydrogens (tertiary/aromatic N) is 3. The lowest BCUT2D eigenvalue weighted by Gasteiger charge is -2.22. The fourth-order valence-electron chi connectivity index (χ4n) is 7.92. The van der Waals surface area contributed by atoms with Gasteiger partial charge in [0.15, 0.2) is 5.82 Å². The largest absolute Gasteiger partial charge is 0.264 e. The van der Waals surface area contributed by atoms with Crippen molar-refractivity contribution < 1.29 is 0 Å². The summed E-state index contributed by atoms with van der Waals surface area (Å²) in [5.74, 6) is 0.687. The van der Waals surface area contributed by atoms with Gasteiger partial charge in [-0.25, -0.2) is 9.97 Å². The summed E-state index contributed by atoms with van der Waals surface area (Å²) in [4.78, 5) is 14.9. The van der Waals surface area contributed by atoms with Crippen LogP contribution in [0.2, 0.25) is 0 Å². The Bertz CT molecular complexity index is 2810. The minimum absolute atomic E-state index is 0.0416. The Hall–Kier alpha value is -6.23. The highest BCUT2D eigenvalue weighted by atomic mass is 32.1. The molecule has 0 saturated carbocycles. The molecule has 3 nitrogen and oxygen atoms in total. The van der Waals surface area contributed by atoms with E-state index in [1.165, 1.54) is 53.6 Å². The number of thiophene rings is 1. The molecule has 52 heavy (non-hydrogen) atoms. The third-order valence-electron chi connectivity index (χ3n) is 10.6. The van der Waals surface area contributed by atoms with Crippen LogP contribution in [0.3, 0.4) is 0 Å². The van der Waals surface area contributed by atoms with Crippen LogP contribution in [0.1, 0.15) is 25.0 Å². The van der Waals surface area contributed by atoms with E-state index in [4.69, 9.17) is 9.97 Å². The number of pyridine rings is 1. The van der Waals surface area contributed by atoms with E-state index in [1.807, 2.05) is 23.6 Å². The first kappa shape index (κ1) is 30.6. The van der Waals surface area contributed by atoms with Crippen LogP contribution in [0.15, 0.2) is 164 Å². The quantitative estimate of drug-likeness (QED) is 0.181. The van der Waals surface area contributed by atoms with Crippen molar-refractivity contribution in [1.29, 1.82) is 0 Å². The van der Waals surface area contributed by atoms with Crippen molar-refractivity contribution in [3.8, 4) is 67.3 Å². The average molecular weight is 684 g/mol. The van der Waals surface area contributed by atoms with Gasteiger partial charge in [-0.2, -0.15) is 0 Å². The van der Waals surface area contributed by atoms with Crippen LogP contribution in [0.5, 0.6) is 0 Å². The predicted octanol–water partition coefficient (Wildman–Crippen LogP) is 12.9. The smallest absolute Gasteiger partial charge is 0.161 e. The Labute approximate surface area is 307 Å². The Kier molecular flexibility index (Phi) is 7.02. The SMILES string of the molecule is CC1(C)c2ccccc2-c2ccc(-c3ccc(-c4cc(-c5ccc6sc7ccccc7c6c5)nc(-c5ccccc5-c5cccnc5)n4)cc3)cc21. The molecule has 1 aliphatic rings. The van der Waals surface area contributed by atoms with Gasteiger partial charge in [0, 0.05) is 60.2 Å². The van der Waals surface area contributed by atoms with Gasteiger partial charge in [0.2, 0.25) is 0 Å². The second-order valence-corrected chi connectivity index (χ2v) is 15.2. The third-order valence-corrected chi connectivity index (χ3v) is 11.8. The van der Waals surface area contributed by atoms with Gasteiger partial charge in [-0.05, 0) is 75.3 Å². The van der Waals surface area contributed by atoms with Gasteiger partial charge < -0.3 is 0 Å². The summed E-state index contributed by atoms with van der Waals surface area (Å²) in [6, 6.07) is 54.4. The first-order valence-corrected chi connectivity index (χ1v) is 18.5. The Morgan fingerprint density at radius 3 is 1.92 bits per heavy atom. The van der Waals surface area contributed by atoms with Crippen molar-refractivity contribution >= 4 is 31.5 Å². The molecule has 0 fully saturated rings. The lowest BCUT2D eigenvalue weighted by molar-refractivity contribution is 0.660. The van der Waals surface area contributed by atoms with Crippen LogP contribution < -0.4 is 0 Å². The molecule has 246 valence electrons. The summed E-state index contributed by atoms with van der Waals surface area (Å²) >= 11 is 1.83. The van der Waals surface area contributed by atoms with E-state index in [-0.39, 0.29) is 5.41 Å². The molecule has 0 aliphatic heterocycles. The first-order chi connectivity index (χ1) is 25.5. The van der Waals surface area contributed by atoms with Gasteiger partial charge in [0.1, 0.15) is 0 Å². The number of aromatic nitrogens is 3. The highest BCUT2D eigenvalue weighted by Gasteiger charge is 2.35. The normalized spacial score (nSPS) is 13.0. The van der Waals surface area contributed by atoms with E-state index in [0.717, 1.165) is 39.2 Å². The van der Waals surface area contributed by atoms with E-state index in [1.54, 1.807) is 6.20 Å². The molecule has 0 bridgehead atoms. The molecule has 3 aromatic heterocycles. The molecule has 0 unspecified atom stereocenters. The summed E-state index contributed by atoms with van der Waals surface area (Å²) in [6.07, 6.45) is 3.70. The van der Waals surface area contributed by atoms with Crippen molar-refractivity contribution in [3.05, 3.63) is 175 Å². The van der Waals surface area contributed by atoms with Crippen LogP contribution >= 0.6 is 11.3 Å². The van der Waals surface area contributed by atoms with Crippen molar-refractivity contribution in [3.63, 3.8) is 0 Å². The summed E-state index contributed by atoms with van der Waals surface area (Å²) in [6.45, 7) is 4.67. The monoisotopic (exact) mass is 683 g/mol. The van der Waals surface area contributed by atoms with E-state index in [9.17, 15) is 0 Å². The van der Waals surface area contributed by atoms with Gasteiger partial charge in [-0.15, -0.1) is 11.3 Å². The molecule has 6 aromatic carbocycles. The van der Waals surface area contributed by atoms with Crippen molar-refractivity contribution in [1.82, 2.24) is 15.0 Å². The fourth-order valence-corrected chi connectivity index (χ4v) is 9.00. The molecule has 9 aromatic rings. The van der Waals surface area contributed by atoms with Crippen molar-refractivity contribution in [2.75, 3.05) is 0 Å². The number of fused-ring (bicyclic) bond motifs is 6. The molecule has 0 spiro atoms. The van der Waals surface area contributed by atoms with E-state index in [2.05, 4.69) is 164 Å². The molecule has 0 N–H and O–H groups in total. The molecule has 0 saturated heterocycles. The van der Waals surface area contributed by atoms with E-state index < -0.39 is 0 Å². The summed E-state index contributed by atoms with van der Waals surface area (Å²) in [7, 11) is 0. The average Bonchev–Trinajstić information content (AvgIpc) is 3.69. The molecule has 0 radical (unpaired) electrons. The molecule has 3 heterocycles. The number of hydrogen-bond acceptors (Lipinski definition) is 4. The van der Waals surface area contributed by atoms with Gasteiger partial charge in [-0.1, -0.05) is 129 Å². The van der Waals surface area contributed by atoms with Gasteiger partial charge in [-0.3, -0.25) is 4.98 Å². The summed E-state index contributed by atoms with van der Waals surface area (Å²) in [5, 5.41) is 2.52. The minimum Gasteiger partial charge on any atom is -0.264 e. The standard InChI is InChI=1S/C48H33N3S/c1-48(2)41-15-7-5-12-36(41)37-23-21-32(27-42(37)48)30-17-19-31(20-18-30)43-28-44(33-22-24-46-40(26-33)38-13-6-8-16-45(38)52-46)51-47(50-43)39-14-4-3-11-35(39)34-10-9-25-49-29-34/h3-29H,1-2H3. The number of hydrogen-bond donors (Lipinski definition) is 0. The van der Waals surface area contributed by atoms with Crippen LogP contribution in [-0.2, 0) is 5.41 Å². The maximum Gasteiger partial charge on any atom is 0.161 e. The van der Waals surface area contributed by atoms with Crippen LogP contribution in [0.4, 0.5) is 0 Å².